The molecule has 0 saturated carbocycles. The fourth-order valence-electron chi connectivity index (χ4n) is 7.08. The number of ketones is 4. The fourth-order valence-corrected chi connectivity index (χ4v) is 8.10. The second kappa shape index (κ2) is 39.6. The molecule has 0 spiro atoms. The number of carboxylic acids is 1. The molecule has 0 aliphatic rings. The maximum Gasteiger partial charge on any atom is 0.373 e. The van der Waals surface area contributed by atoms with Gasteiger partial charge in [-0.2, -0.15) is 21.4 Å². The molecule has 0 aromatic heterocycles. The first-order chi connectivity index (χ1) is 29.7. The van der Waals surface area contributed by atoms with Crippen LogP contribution in [0, 0.1) is 23.2 Å². The number of esters is 1. The third kappa shape index (κ3) is 41.7. The summed E-state index contributed by atoms with van der Waals surface area (Å²) in [4.78, 5) is 89.3. The number of hydrogen-bond donors (Lipinski definition) is 1. The number of unbranched alkanes of at least 4 members (excludes halogenated alkanes) is 8. The fraction of sp³-hybridized carbons (Fsp3) is 0.857. The Morgan fingerprint density at radius 1 is 0.540 bits per heavy atom. The molecule has 0 radical (unpaired) electrons. The minimum atomic E-state index is -1.19. The van der Waals surface area contributed by atoms with E-state index in [9.17, 15) is 28.8 Å². The molecule has 1 N–H and O–H groups in total. The molecule has 0 aromatic rings. The van der Waals surface area contributed by atoms with Crippen LogP contribution < -0.4 is 0 Å². The van der Waals surface area contributed by atoms with Crippen LogP contribution >= 0.6 is 11.8 Å². The lowest BCUT2D eigenvalue weighted by Crippen LogP contribution is -2.33. The number of rotatable bonds is 41. The van der Waals surface area contributed by atoms with Crippen LogP contribution in [-0.2, 0) is 57.3 Å². The average molecular weight is 915 g/mol. The van der Waals surface area contributed by atoms with Crippen molar-refractivity contribution in [3.63, 3.8) is 0 Å². The monoisotopic (exact) mass is 915 g/mol. The molecule has 0 amide bonds. The summed E-state index contributed by atoms with van der Waals surface area (Å²) >= 11 is 2.03. The Kier molecular flexibility index (Phi) is 39.2. The molecule has 0 saturated heterocycles. The Hall–Kier alpha value is -2.77. The lowest BCUT2D eigenvalue weighted by atomic mass is 9.71. The van der Waals surface area contributed by atoms with E-state index in [0.717, 1.165) is 51.4 Å². The van der Waals surface area contributed by atoms with Gasteiger partial charge in [-0.25, -0.2) is 0 Å². The Balaban J connectivity index is 0. The summed E-state index contributed by atoms with van der Waals surface area (Å²) in [6.07, 6.45) is 14.9. The van der Waals surface area contributed by atoms with Gasteiger partial charge in [0.1, 0.15) is 34.7 Å². The lowest BCUT2D eigenvalue weighted by Gasteiger charge is -2.33. The number of thioether (sulfide) groups is 1. The quantitative estimate of drug-likeness (QED) is 0.0346. The Labute approximate surface area is 384 Å². The maximum atomic E-state index is 12.6. The zero-order valence-electron chi connectivity index (χ0n) is 40.5. The van der Waals surface area contributed by atoms with E-state index in [2.05, 4.69) is 34.6 Å². The average Bonchev–Trinajstić information content (AvgIpc) is 3.18. The standard InChI is InChI=1S/C48H86O11S.CO2/c1-38(2)43(47(3,4)5)37-41(51)24-13-10-9-11-19-35-60-36-20-12-14-21-39(49)22-15-17-29-56-31-33-58-34-32-57-30-18-16-23-40(50)25-27-44(52)42(26-28-45(53)54)46(55)59-48(6,7)8;2-1-3/h38,42-43H,9-37H2,1-8H3,(H,53,54);. The van der Waals surface area contributed by atoms with Gasteiger partial charge in [-0.05, 0) is 107 Å². The number of Topliss-reactive ketones (excluding diaryl/α,β-unsaturated/α-hetero) is 4. The molecular formula is C49H86O13S. The van der Waals surface area contributed by atoms with E-state index < -0.39 is 29.2 Å². The Morgan fingerprint density at radius 3 is 1.41 bits per heavy atom. The van der Waals surface area contributed by atoms with E-state index in [4.69, 9.17) is 33.6 Å². The molecule has 14 heteroatoms. The summed E-state index contributed by atoms with van der Waals surface area (Å²) in [5, 5.41) is 8.98. The van der Waals surface area contributed by atoms with Crippen LogP contribution in [-0.4, -0.2) is 103 Å². The third-order valence-corrected chi connectivity index (χ3v) is 11.6. The van der Waals surface area contributed by atoms with Crippen molar-refractivity contribution in [2.45, 2.75) is 196 Å². The highest BCUT2D eigenvalue weighted by Gasteiger charge is 2.32. The first-order valence-corrected chi connectivity index (χ1v) is 24.7. The molecule has 2 unspecified atom stereocenters. The Morgan fingerprint density at radius 2 is 0.952 bits per heavy atom. The first-order valence-electron chi connectivity index (χ1n) is 23.6. The number of carboxylic acid groups (broad SMARTS) is 1. The van der Waals surface area contributed by atoms with Gasteiger partial charge in [-0.1, -0.05) is 60.3 Å². The van der Waals surface area contributed by atoms with Gasteiger partial charge in [0.05, 0.1) is 26.4 Å². The molecule has 0 aliphatic carbocycles. The lowest BCUT2D eigenvalue weighted by molar-refractivity contribution is -0.192. The molecule has 0 aliphatic heterocycles. The third-order valence-electron chi connectivity index (χ3n) is 10.5. The van der Waals surface area contributed by atoms with Crippen LogP contribution in [0.15, 0.2) is 0 Å². The zero-order valence-corrected chi connectivity index (χ0v) is 41.3. The summed E-state index contributed by atoms with van der Waals surface area (Å²) in [5.41, 5.74) is -0.624. The van der Waals surface area contributed by atoms with E-state index >= 15 is 0 Å². The smallest absolute Gasteiger partial charge is 0.373 e. The van der Waals surface area contributed by atoms with E-state index in [1.54, 1.807) is 20.8 Å². The van der Waals surface area contributed by atoms with Gasteiger partial charge in [0.2, 0.25) is 0 Å². The van der Waals surface area contributed by atoms with Crippen LogP contribution in [0.3, 0.4) is 0 Å². The highest BCUT2D eigenvalue weighted by Crippen LogP contribution is 2.35. The number of aliphatic carboxylic acids is 1. The highest BCUT2D eigenvalue weighted by atomic mass is 32.2. The van der Waals surface area contributed by atoms with Gasteiger partial charge in [0.25, 0.3) is 0 Å². The van der Waals surface area contributed by atoms with Gasteiger partial charge >= 0.3 is 18.1 Å². The molecule has 0 heterocycles. The molecule has 0 bridgehead atoms. The molecule has 0 fully saturated rings. The molecule has 0 rings (SSSR count). The van der Waals surface area contributed by atoms with Gasteiger partial charge in [0.15, 0.2) is 0 Å². The molecule has 2 atom stereocenters. The summed E-state index contributed by atoms with van der Waals surface area (Å²) in [6.45, 7) is 19.2. The zero-order chi connectivity index (χ0) is 47.9. The van der Waals surface area contributed by atoms with Crippen molar-refractivity contribution in [3.8, 4) is 0 Å². The van der Waals surface area contributed by atoms with E-state index in [-0.39, 0.29) is 43.0 Å². The SMILES string of the molecule is CC(C)C(CC(=O)CCCCCCCSCCCCCC(=O)CCCCOCCOCCOCCCCC(=O)CCC(=O)C(CCC(=O)O)C(=O)OC(C)(C)C)C(C)(C)C.O=C=O. The van der Waals surface area contributed by atoms with Gasteiger partial charge in [-0.3, -0.25) is 28.8 Å². The number of hydrogen-bond acceptors (Lipinski definition) is 13. The second-order valence-corrected chi connectivity index (χ2v) is 20.0. The molecule has 0 aromatic carbocycles. The van der Waals surface area contributed by atoms with Crippen LogP contribution in [0.1, 0.15) is 190 Å². The van der Waals surface area contributed by atoms with Crippen molar-refractivity contribution in [1.29, 1.82) is 0 Å². The normalized spacial score (nSPS) is 12.5. The predicted octanol–water partition coefficient (Wildman–Crippen LogP) is 10.0. The molecule has 13 nitrogen and oxygen atoms in total. The molecule has 366 valence electrons. The maximum absolute atomic E-state index is 12.6. The van der Waals surface area contributed by atoms with Crippen LogP contribution in [0.4, 0.5) is 0 Å². The minimum absolute atomic E-state index is 0.00675. The van der Waals surface area contributed by atoms with Gasteiger partial charge in [0, 0.05) is 64.6 Å². The summed E-state index contributed by atoms with van der Waals surface area (Å²) in [5.74, 6) is 0.553. The van der Waals surface area contributed by atoms with Gasteiger partial charge < -0.3 is 24.1 Å². The Bertz CT molecular complexity index is 1280. The largest absolute Gasteiger partial charge is 0.481 e. The van der Waals surface area contributed by atoms with Crippen LogP contribution in [0.5, 0.6) is 0 Å². The number of carbonyl (C=O) groups excluding carboxylic acids is 7. The molecular weight excluding hydrogens is 829 g/mol. The molecule has 63 heavy (non-hydrogen) atoms. The highest BCUT2D eigenvalue weighted by molar-refractivity contribution is 7.99. The first kappa shape index (κ1) is 62.3. The number of carbonyl (C=O) groups is 6. The topological polar surface area (TPSA) is 194 Å². The van der Waals surface area contributed by atoms with Crippen molar-refractivity contribution in [2.75, 3.05) is 51.1 Å². The van der Waals surface area contributed by atoms with E-state index in [1.165, 1.54) is 37.2 Å². The summed E-state index contributed by atoms with van der Waals surface area (Å²) in [6, 6.07) is 0. The number of ether oxygens (including phenoxy) is 4. The van der Waals surface area contributed by atoms with E-state index in [0.29, 0.717) is 95.1 Å². The summed E-state index contributed by atoms with van der Waals surface area (Å²) in [7, 11) is 0. The van der Waals surface area contributed by atoms with Crippen LogP contribution in [0.25, 0.3) is 0 Å². The van der Waals surface area contributed by atoms with Crippen molar-refractivity contribution < 1.29 is 62.4 Å². The van der Waals surface area contributed by atoms with Crippen molar-refractivity contribution >= 4 is 53.0 Å². The van der Waals surface area contributed by atoms with Crippen molar-refractivity contribution in [1.82, 2.24) is 0 Å². The second-order valence-electron chi connectivity index (χ2n) is 18.8. The van der Waals surface area contributed by atoms with Crippen LogP contribution in [0.2, 0.25) is 0 Å². The van der Waals surface area contributed by atoms with Crippen molar-refractivity contribution in [2.24, 2.45) is 23.2 Å². The summed E-state index contributed by atoms with van der Waals surface area (Å²) < 4.78 is 22.0. The minimum Gasteiger partial charge on any atom is -0.481 e. The predicted molar refractivity (Wildman–Crippen MR) is 247 cm³/mol. The van der Waals surface area contributed by atoms with Crippen molar-refractivity contribution in [3.05, 3.63) is 0 Å². The van der Waals surface area contributed by atoms with Gasteiger partial charge in [-0.15, -0.1) is 0 Å². The van der Waals surface area contributed by atoms with E-state index in [1.807, 2.05) is 11.8 Å².